The standard InChI is InChI=1S/C22H30N4O2/c1-3-24-22(26-16-18-10-12-20(13-11-18)21(23)27)25-14-7-15-28-17(2)19-8-5-4-6-9-19/h4-6,8-13,17H,3,7,14-16H2,1-2H3,(H2,23,27)(H2,24,25,26). The molecule has 1 atom stereocenters. The van der Waals surface area contributed by atoms with E-state index in [1.165, 1.54) is 5.56 Å². The summed E-state index contributed by atoms with van der Waals surface area (Å²) in [5.74, 6) is 0.339. The number of nitrogens with zero attached hydrogens (tertiary/aromatic N) is 1. The molecule has 150 valence electrons. The molecule has 0 saturated carbocycles. The van der Waals surface area contributed by atoms with Gasteiger partial charge in [0.2, 0.25) is 5.91 Å². The number of amides is 1. The molecule has 6 nitrogen and oxygen atoms in total. The van der Waals surface area contributed by atoms with Crippen molar-refractivity contribution in [2.75, 3.05) is 19.7 Å². The van der Waals surface area contributed by atoms with Crippen LogP contribution < -0.4 is 16.4 Å². The average Bonchev–Trinajstić information content (AvgIpc) is 2.72. The second-order valence-electron chi connectivity index (χ2n) is 6.46. The topological polar surface area (TPSA) is 88.7 Å². The number of ether oxygens (including phenoxy) is 1. The van der Waals surface area contributed by atoms with Gasteiger partial charge in [0.05, 0.1) is 12.6 Å². The number of nitrogens with one attached hydrogen (secondary N) is 2. The van der Waals surface area contributed by atoms with Crippen LogP contribution in [-0.4, -0.2) is 31.6 Å². The fourth-order valence-corrected chi connectivity index (χ4v) is 2.65. The van der Waals surface area contributed by atoms with E-state index in [1.54, 1.807) is 12.1 Å². The van der Waals surface area contributed by atoms with E-state index < -0.39 is 5.91 Å². The highest BCUT2D eigenvalue weighted by Gasteiger charge is 2.05. The fourth-order valence-electron chi connectivity index (χ4n) is 2.65. The first-order valence-electron chi connectivity index (χ1n) is 9.67. The van der Waals surface area contributed by atoms with Gasteiger partial charge in [0.25, 0.3) is 0 Å². The van der Waals surface area contributed by atoms with Crippen molar-refractivity contribution in [3.63, 3.8) is 0 Å². The van der Waals surface area contributed by atoms with Gasteiger partial charge in [0.15, 0.2) is 5.96 Å². The molecule has 4 N–H and O–H groups in total. The summed E-state index contributed by atoms with van der Waals surface area (Å²) in [7, 11) is 0. The maximum absolute atomic E-state index is 11.1. The normalized spacial score (nSPS) is 12.4. The molecule has 2 aromatic carbocycles. The predicted octanol–water partition coefficient (Wildman–Crippen LogP) is 3.01. The lowest BCUT2D eigenvalue weighted by molar-refractivity contribution is 0.0646. The van der Waals surface area contributed by atoms with Crippen molar-refractivity contribution in [2.24, 2.45) is 10.7 Å². The lowest BCUT2D eigenvalue weighted by atomic mass is 10.1. The largest absolute Gasteiger partial charge is 0.374 e. The Balaban J connectivity index is 1.74. The number of aliphatic imine (C=N–C) groups is 1. The van der Waals surface area contributed by atoms with Gasteiger partial charge in [0, 0.05) is 25.3 Å². The second-order valence-corrected chi connectivity index (χ2v) is 6.46. The summed E-state index contributed by atoms with van der Waals surface area (Å²) in [6, 6.07) is 17.4. The van der Waals surface area contributed by atoms with Crippen LogP contribution in [0.2, 0.25) is 0 Å². The molecule has 1 amide bonds. The summed E-state index contributed by atoms with van der Waals surface area (Å²) in [6.45, 7) is 6.86. The van der Waals surface area contributed by atoms with Crippen molar-refractivity contribution in [1.29, 1.82) is 0 Å². The van der Waals surface area contributed by atoms with Gasteiger partial charge in [-0.05, 0) is 43.5 Å². The lowest BCUT2D eigenvalue weighted by Gasteiger charge is -2.14. The molecule has 0 aliphatic rings. The summed E-state index contributed by atoms with van der Waals surface area (Å²) >= 11 is 0. The molecule has 0 bridgehead atoms. The Morgan fingerprint density at radius 1 is 1.11 bits per heavy atom. The zero-order chi connectivity index (χ0) is 20.2. The molecule has 1 unspecified atom stereocenters. The minimum absolute atomic E-state index is 0.0893. The Labute approximate surface area is 167 Å². The number of primary amides is 1. The Hall–Kier alpha value is -2.86. The Bertz CT molecular complexity index is 745. The summed E-state index contributed by atoms with van der Waals surface area (Å²) in [4.78, 5) is 15.7. The van der Waals surface area contributed by atoms with Crippen LogP contribution in [0.1, 0.15) is 47.9 Å². The van der Waals surface area contributed by atoms with Crippen molar-refractivity contribution in [3.8, 4) is 0 Å². The van der Waals surface area contributed by atoms with Crippen molar-refractivity contribution in [1.82, 2.24) is 10.6 Å². The van der Waals surface area contributed by atoms with Gasteiger partial charge in [-0.1, -0.05) is 42.5 Å². The van der Waals surface area contributed by atoms with E-state index in [0.29, 0.717) is 18.7 Å². The highest BCUT2D eigenvalue weighted by molar-refractivity contribution is 5.92. The van der Waals surface area contributed by atoms with Crippen LogP contribution in [0, 0.1) is 0 Å². The first kappa shape index (κ1) is 21.4. The van der Waals surface area contributed by atoms with E-state index in [2.05, 4.69) is 34.7 Å². The van der Waals surface area contributed by atoms with E-state index in [-0.39, 0.29) is 6.10 Å². The molecule has 2 aromatic rings. The molecular formula is C22H30N4O2. The average molecular weight is 383 g/mol. The number of carbonyl (C=O) groups is 1. The van der Waals surface area contributed by atoms with Crippen molar-refractivity contribution in [3.05, 3.63) is 71.3 Å². The van der Waals surface area contributed by atoms with E-state index in [1.807, 2.05) is 37.3 Å². The van der Waals surface area contributed by atoms with Gasteiger partial charge >= 0.3 is 0 Å². The van der Waals surface area contributed by atoms with E-state index in [9.17, 15) is 4.79 Å². The van der Waals surface area contributed by atoms with E-state index in [0.717, 1.165) is 31.0 Å². The Morgan fingerprint density at radius 3 is 2.46 bits per heavy atom. The maximum atomic E-state index is 11.1. The molecule has 0 spiro atoms. The molecule has 2 rings (SSSR count). The third-order valence-corrected chi connectivity index (χ3v) is 4.25. The molecule has 0 aliphatic carbocycles. The SMILES string of the molecule is CCNC(=NCc1ccc(C(N)=O)cc1)NCCCOC(C)c1ccccc1. The highest BCUT2D eigenvalue weighted by atomic mass is 16.5. The van der Waals surface area contributed by atoms with Crippen LogP contribution in [0.25, 0.3) is 0 Å². The summed E-state index contributed by atoms with van der Waals surface area (Å²) in [5.41, 5.74) is 7.97. The third kappa shape index (κ3) is 7.40. The predicted molar refractivity (Wildman–Crippen MR) is 113 cm³/mol. The third-order valence-electron chi connectivity index (χ3n) is 4.25. The van der Waals surface area contributed by atoms with E-state index >= 15 is 0 Å². The Morgan fingerprint density at radius 2 is 1.82 bits per heavy atom. The van der Waals surface area contributed by atoms with Crippen LogP contribution in [-0.2, 0) is 11.3 Å². The smallest absolute Gasteiger partial charge is 0.248 e. The van der Waals surface area contributed by atoms with Crippen molar-refractivity contribution < 1.29 is 9.53 Å². The van der Waals surface area contributed by atoms with Crippen LogP contribution in [0.5, 0.6) is 0 Å². The fraction of sp³-hybridized carbons (Fsp3) is 0.364. The number of hydrogen-bond acceptors (Lipinski definition) is 3. The number of nitrogens with two attached hydrogens (primary N) is 1. The first-order chi connectivity index (χ1) is 13.6. The number of hydrogen-bond donors (Lipinski definition) is 3. The number of carbonyl (C=O) groups excluding carboxylic acids is 1. The van der Waals surface area contributed by atoms with Crippen LogP contribution in [0.4, 0.5) is 0 Å². The zero-order valence-corrected chi connectivity index (χ0v) is 16.7. The molecule has 0 saturated heterocycles. The molecule has 6 heteroatoms. The zero-order valence-electron chi connectivity index (χ0n) is 16.7. The molecule has 0 aromatic heterocycles. The van der Waals surface area contributed by atoms with Gasteiger partial charge in [-0.15, -0.1) is 0 Å². The minimum Gasteiger partial charge on any atom is -0.374 e. The van der Waals surface area contributed by atoms with Crippen LogP contribution in [0.15, 0.2) is 59.6 Å². The quantitative estimate of drug-likeness (QED) is 0.335. The van der Waals surface area contributed by atoms with Crippen molar-refractivity contribution in [2.45, 2.75) is 32.9 Å². The van der Waals surface area contributed by atoms with Crippen LogP contribution in [0.3, 0.4) is 0 Å². The summed E-state index contributed by atoms with van der Waals surface area (Å²) < 4.78 is 5.89. The first-order valence-corrected chi connectivity index (χ1v) is 9.67. The van der Waals surface area contributed by atoms with E-state index in [4.69, 9.17) is 10.5 Å². The van der Waals surface area contributed by atoms with Crippen LogP contribution >= 0.6 is 0 Å². The molecular weight excluding hydrogens is 352 g/mol. The molecule has 28 heavy (non-hydrogen) atoms. The van der Waals surface area contributed by atoms with Gasteiger partial charge < -0.3 is 21.1 Å². The van der Waals surface area contributed by atoms with Gasteiger partial charge in [-0.3, -0.25) is 4.79 Å². The summed E-state index contributed by atoms with van der Waals surface area (Å²) in [5, 5.41) is 6.55. The lowest BCUT2D eigenvalue weighted by Crippen LogP contribution is -2.38. The highest BCUT2D eigenvalue weighted by Crippen LogP contribution is 2.15. The number of rotatable bonds is 10. The van der Waals surface area contributed by atoms with Crippen molar-refractivity contribution >= 4 is 11.9 Å². The van der Waals surface area contributed by atoms with Gasteiger partial charge in [-0.2, -0.15) is 0 Å². The number of guanidine groups is 1. The van der Waals surface area contributed by atoms with Gasteiger partial charge in [0.1, 0.15) is 0 Å². The minimum atomic E-state index is -0.422. The monoisotopic (exact) mass is 382 g/mol. The second kappa shape index (κ2) is 11.8. The van der Waals surface area contributed by atoms with Gasteiger partial charge in [-0.25, -0.2) is 4.99 Å². The molecule has 0 aliphatic heterocycles. The molecule has 0 radical (unpaired) electrons. The number of benzene rings is 2. The maximum Gasteiger partial charge on any atom is 0.248 e. The summed E-state index contributed by atoms with van der Waals surface area (Å²) in [6.07, 6.45) is 0.973. The Kier molecular flexibility index (Phi) is 9.01. The molecule has 0 fully saturated rings. The molecule has 0 heterocycles.